The summed E-state index contributed by atoms with van der Waals surface area (Å²) in [5.74, 6) is 1.39. The van der Waals surface area contributed by atoms with Gasteiger partial charge in [-0.25, -0.2) is 0 Å². The predicted octanol–water partition coefficient (Wildman–Crippen LogP) is 5.31. The van der Waals surface area contributed by atoms with Crippen LogP contribution >= 0.6 is 0 Å². The predicted molar refractivity (Wildman–Crippen MR) is 133 cm³/mol. The normalized spacial score (nSPS) is 20.0. The molecule has 1 aliphatic carbocycles. The van der Waals surface area contributed by atoms with Crippen LogP contribution in [0.15, 0.2) is 71.9 Å². The maximum atomic E-state index is 13.7. The molecule has 36 heavy (non-hydrogen) atoms. The Hall–Kier alpha value is -4.53. The van der Waals surface area contributed by atoms with Gasteiger partial charge >= 0.3 is 0 Å². The second-order valence-corrected chi connectivity index (χ2v) is 8.96. The van der Waals surface area contributed by atoms with Crippen LogP contribution in [-0.4, -0.2) is 24.6 Å². The average Bonchev–Trinajstić information content (AvgIpc) is 3.28. The Morgan fingerprint density at radius 1 is 1.00 bits per heavy atom. The molecule has 0 radical (unpaired) electrons. The number of carbonyl (C=O) groups is 1. The minimum Gasteiger partial charge on any atom is -0.497 e. The zero-order chi connectivity index (χ0) is 24.8. The largest absolute Gasteiger partial charge is 0.497 e. The molecule has 9 heteroatoms. The fraction of sp³-hybridized carbons (Fsp3) is 0.222. The number of ether oxygens (including phenoxy) is 3. The van der Waals surface area contributed by atoms with E-state index in [1.807, 2.05) is 48.5 Å². The highest BCUT2D eigenvalue weighted by Gasteiger charge is 2.39. The molecule has 2 aliphatic heterocycles. The zero-order valence-electron chi connectivity index (χ0n) is 19.4. The minimum atomic E-state index is -0.740. The molecule has 0 bridgehead atoms. The van der Waals surface area contributed by atoms with E-state index in [0.717, 1.165) is 28.4 Å². The number of carbonyl (C=O) groups excluding carboxylic acids is 1. The van der Waals surface area contributed by atoms with Gasteiger partial charge in [0.05, 0.1) is 41.1 Å². The van der Waals surface area contributed by atoms with Gasteiger partial charge in [0.2, 0.25) is 6.79 Å². The molecule has 0 saturated carbocycles. The number of nitro groups is 1. The van der Waals surface area contributed by atoms with Gasteiger partial charge in [0.1, 0.15) is 5.75 Å². The van der Waals surface area contributed by atoms with E-state index < -0.39 is 11.0 Å². The molecule has 0 aromatic heterocycles. The van der Waals surface area contributed by atoms with Crippen LogP contribution in [0.2, 0.25) is 0 Å². The summed E-state index contributed by atoms with van der Waals surface area (Å²) in [5, 5.41) is 18.9. The number of allylic oxidation sites excluding steroid dienone is 1. The van der Waals surface area contributed by atoms with Gasteiger partial charge in [0.25, 0.3) is 5.69 Å². The molecule has 3 aromatic carbocycles. The summed E-state index contributed by atoms with van der Waals surface area (Å²) in [6, 6.07) is 17.6. The molecular formula is C27H23N3O6. The van der Waals surface area contributed by atoms with Crippen LogP contribution in [0.1, 0.15) is 35.9 Å². The van der Waals surface area contributed by atoms with Crippen molar-refractivity contribution in [1.82, 2.24) is 0 Å². The number of nitro benzene ring substituents is 1. The highest BCUT2D eigenvalue weighted by Crippen LogP contribution is 2.48. The molecule has 0 fully saturated rings. The van der Waals surface area contributed by atoms with Gasteiger partial charge in [-0.1, -0.05) is 24.3 Å². The van der Waals surface area contributed by atoms with E-state index in [2.05, 4.69) is 10.6 Å². The van der Waals surface area contributed by atoms with Crippen LogP contribution < -0.4 is 24.8 Å². The quantitative estimate of drug-likeness (QED) is 0.378. The van der Waals surface area contributed by atoms with E-state index in [0.29, 0.717) is 35.5 Å². The highest BCUT2D eigenvalue weighted by molar-refractivity contribution is 6.01. The Morgan fingerprint density at radius 3 is 2.44 bits per heavy atom. The molecule has 2 atom stereocenters. The van der Waals surface area contributed by atoms with Crippen LogP contribution in [0, 0.1) is 10.1 Å². The number of hydrogen-bond acceptors (Lipinski definition) is 8. The third-order valence-electron chi connectivity index (χ3n) is 6.93. The lowest BCUT2D eigenvalue weighted by molar-refractivity contribution is -0.385. The fourth-order valence-corrected chi connectivity index (χ4v) is 5.17. The van der Waals surface area contributed by atoms with Gasteiger partial charge in [-0.2, -0.15) is 0 Å². The van der Waals surface area contributed by atoms with Crippen molar-refractivity contribution in [3.63, 3.8) is 0 Å². The van der Waals surface area contributed by atoms with Crippen LogP contribution in [0.4, 0.5) is 17.1 Å². The number of nitrogens with one attached hydrogen (secondary N) is 2. The Kier molecular flexibility index (Phi) is 5.25. The maximum Gasteiger partial charge on any atom is 0.279 e. The number of rotatable bonds is 4. The molecule has 2 heterocycles. The first-order valence-electron chi connectivity index (χ1n) is 11.6. The second kappa shape index (κ2) is 8.60. The summed E-state index contributed by atoms with van der Waals surface area (Å²) in [7, 11) is 1.62. The topological polar surface area (TPSA) is 112 Å². The van der Waals surface area contributed by atoms with Crippen molar-refractivity contribution in [3.8, 4) is 17.2 Å². The van der Waals surface area contributed by atoms with Gasteiger partial charge in [0.15, 0.2) is 17.3 Å². The first kappa shape index (κ1) is 22.0. The van der Waals surface area contributed by atoms with Gasteiger partial charge in [0, 0.05) is 17.7 Å². The van der Waals surface area contributed by atoms with Crippen molar-refractivity contribution in [3.05, 3.63) is 93.2 Å². The van der Waals surface area contributed by atoms with Crippen molar-refractivity contribution in [2.24, 2.45) is 0 Å². The third-order valence-corrected chi connectivity index (χ3v) is 6.93. The van der Waals surface area contributed by atoms with Gasteiger partial charge < -0.3 is 24.8 Å². The number of hydrogen-bond donors (Lipinski definition) is 2. The van der Waals surface area contributed by atoms with E-state index in [1.165, 1.54) is 6.07 Å². The molecule has 9 nitrogen and oxygen atoms in total. The summed E-state index contributed by atoms with van der Waals surface area (Å²) >= 11 is 0. The monoisotopic (exact) mass is 485 g/mol. The summed E-state index contributed by atoms with van der Waals surface area (Å²) < 4.78 is 16.2. The first-order chi connectivity index (χ1) is 17.5. The molecule has 0 saturated heterocycles. The number of Topliss-reactive ketones (excluding diaryl/α,β-unsaturated/α-hetero) is 1. The van der Waals surface area contributed by atoms with Crippen LogP contribution in [-0.2, 0) is 4.79 Å². The van der Waals surface area contributed by atoms with Crippen molar-refractivity contribution in [1.29, 1.82) is 0 Å². The number of nitrogens with zero attached hydrogens (tertiary/aromatic N) is 1. The van der Waals surface area contributed by atoms with Gasteiger partial charge in [-0.05, 0) is 48.2 Å². The maximum absolute atomic E-state index is 13.7. The second-order valence-electron chi connectivity index (χ2n) is 8.96. The van der Waals surface area contributed by atoms with E-state index in [1.54, 1.807) is 13.2 Å². The Bertz CT molecular complexity index is 1420. The molecule has 182 valence electrons. The van der Waals surface area contributed by atoms with Crippen molar-refractivity contribution in [2.75, 3.05) is 24.5 Å². The SMILES string of the molecule is COc1ccc([C@@H]2CC(=O)C3=C(C2)Nc2ccccc2N[C@H]3c2cc3c(cc2[N+](=O)[O-])OCO3)cc1. The molecule has 0 spiro atoms. The number of para-hydroxylation sites is 2. The van der Waals surface area contributed by atoms with Crippen molar-refractivity contribution < 1.29 is 23.9 Å². The molecular weight excluding hydrogens is 462 g/mol. The van der Waals surface area contributed by atoms with Crippen LogP contribution in [0.3, 0.4) is 0 Å². The van der Waals surface area contributed by atoms with E-state index in [-0.39, 0.29) is 24.2 Å². The average molecular weight is 485 g/mol. The van der Waals surface area contributed by atoms with Gasteiger partial charge in [-0.3, -0.25) is 14.9 Å². The lowest BCUT2D eigenvalue weighted by atomic mass is 9.78. The van der Waals surface area contributed by atoms with Crippen LogP contribution in [0.25, 0.3) is 0 Å². The highest BCUT2D eigenvalue weighted by atomic mass is 16.7. The summed E-state index contributed by atoms with van der Waals surface area (Å²) in [5.41, 5.74) is 4.06. The zero-order valence-corrected chi connectivity index (χ0v) is 19.4. The number of anilines is 2. The third kappa shape index (κ3) is 3.69. The first-order valence-corrected chi connectivity index (χ1v) is 11.6. The summed E-state index contributed by atoms with van der Waals surface area (Å²) in [6.45, 7) is -0.00512. The number of ketones is 1. The Morgan fingerprint density at radius 2 is 1.72 bits per heavy atom. The van der Waals surface area contributed by atoms with Crippen molar-refractivity contribution in [2.45, 2.75) is 24.8 Å². The minimum absolute atomic E-state index is 0.00512. The lowest BCUT2D eigenvalue weighted by Crippen LogP contribution is -2.27. The molecule has 0 amide bonds. The molecule has 3 aromatic rings. The fourth-order valence-electron chi connectivity index (χ4n) is 5.17. The summed E-state index contributed by atoms with van der Waals surface area (Å²) in [6.07, 6.45) is 0.873. The smallest absolute Gasteiger partial charge is 0.279 e. The van der Waals surface area contributed by atoms with Gasteiger partial charge in [-0.15, -0.1) is 0 Å². The van der Waals surface area contributed by atoms with E-state index in [4.69, 9.17) is 14.2 Å². The standard InChI is InChI=1S/C27H23N3O6/c1-34-17-8-6-15(7-9-17)16-10-21-26(23(31)11-16)27(29-20-5-3-2-4-19(20)28-21)18-12-24-25(36-14-35-24)13-22(18)30(32)33/h2-9,12-13,16,27-29H,10-11,14H2,1H3/t16-,27-/m0/s1. The Balaban J connectivity index is 1.48. The Labute approximate surface area is 206 Å². The van der Waals surface area contributed by atoms with E-state index >= 15 is 0 Å². The van der Waals surface area contributed by atoms with E-state index in [9.17, 15) is 14.9 Å². The molecule has 2 N–H and O–H groups in total. The molecule has 0 unspecified atom stereocenters. The summed E-state index contributed by atoms with van der Waals surface area (Å²) in [4.78, 5) is 25.4. The molecule has 6 rings (SSSR count). The van der Waals surface area contributed by atoms with Crippen LogP contribution in [0.5, 0.6) is 17.2 Å². The lowest BCUT2D eigenvalue weighted by Gasteiger charge is -2.30. The number of fused-ring (bicyclic) bond motifs is 2. The number of benzene rings is 3. The van der Waals surface area contributed by atoms with Crippen molar-refractivity contribution >= 4 is 22.8 Å². The number of methoxy groups -OCH3 is 1. The molecule has 3 aliphatic rings.